The van der Waals surface area contributed by atoms with E-state index in [1.54, 1.807) is 6.07 Å². The molecule has 0 aliphatic heterocycles. The highest BCUT2D eigenvalue weighted by atomic mass is 16.4. The molecule has 2 rings (SSSR count). The van der Waals surface area contributed by atoms with Crippen LogP contribution in [0.15, 0.2) is 40.8 Å². The molecule has 2 N–H and O–H groups in total. The molecule has 0 saturated heterocycles. The van der Waals surface area contributed by atoms with Crippen LogP contribution in [0.1, 0.15) is 55.6 Å². The minimum Gasteiger partial charge on any atom is -0.475 e. The van der Waals surface area contributed by atoms with Crippen LogP contribution in [0.25, 0.3) is 0 Å². The van der Waals surface area contributed by atoms with Gasteiger partial charge >= 0.3 is 5.97 Å². The molecule has 2 aromatic rings. The van der Waals surface area contributed by atoms with E-state index >= 15 is 0 Å². The summed E-state index contributed by atoms with van der Waals surface area (Å²) in [6.45, 7) is 8.43. The molecule has 0 aliphatic carbocycles. The number of carbonyl (C=O) groups is 1. The van der Waals surface area contributed by atoms with Gasteiger partial charge in [0, 0.05) is 5.69 Å². The van der Waals surface area contributed by atoms with E-state index in [2.05, 4.69) is 32.2 Å². The Kier molecular flexibility index (Phi) is 4.07. The number of aromatic carboxylic acids is 1. The number of carboxylic acid groups (broad SMARTS) is 1. The Morgan fingerprint density at radius 2 is 1.86 bits per heavy atom. The fourth-order valence-electron chi connectivity index (χ4n) is 2.27. The molecule has 1 atom stereocenters. The van der Waals surface area contributed by atoms with E-state index in [1.165, 1.54) is 11.6 Å². The molecule has 1 unspecified atom stereocenters. The predicted molar refractivity (Wildman–Crippen MR) is 82.8 cm³/mol. The van der Waals surface area contributed by atoms with Crippen LogP contribution in [0.4, 0.5) is 5.69 Å². The largest absolute Gasteiger partial charge is 0.475 e. The molecule has 0 amide bonds. The van der Waals surface area contributed by atoms with Gasteiger partial charge in [-0.3, -0.25) is 0 Å². The lowest BCUT2D eigenvalue weighted by atomic mass is 9.85. The number of rotatable bonds is 4. The quantitative estimate of drug-likeness (QED) is 0.872. The zero-order valence-electron chi connectivity index (χ0n) is 12.8. The number of hydrogen-bond donors (Lipinski definition) is 2. The molecule has 21 heavy (non-hydrogen) atoms. The summed E-state index contributed by atoms with van der Waals surface area (Å²) in [6, 6.07) is 11.2. The summed E-state index contributed by atoms with van der Waals surface area (Å²) >= 11 is 0. The molecule has 112 valence electrons. The Morgan fingerprint density at radius 1 is 1.19 bits per heavy atom. The highest BCUT2D eigenvalue weighted by Crippen LogP contribution is 2.31. The highest BCUT2D eigenvalue weighted by molar-refractivity contribution is 5.84. The maximum absolute atomic E-state index is 10.9. The second kappa shape index (κ2) is 5.64. The molecule has 1 aromatic carbocycles. The minimum atomic E-state index is -1.05. The van der Waals surface area contributed by atoms with E-state index in [1.807, 2.05) is 25.1 Å². The van der Waals surface area contributed by atoms with Crippen LogP contribution >= 0.6 is 0 Å². The fourth-order valence-corrected chi connectivity index (χ4v) is 2.27. The topological polar surface area (TPSA) is 62.5 Å². The van der Waals surface area contributed by atoms with E-state index < -0.39 is 5.97 Å². The first-order valence-electron chi connectivity index (χ1n) is 6.98. The molecule has 0 bridgehead atoms. The average Bonchev–Trinajstić information content (AvgIpc) is 2.88. The number of hydrogen-bond acceptors (Lipinski definition) is 3. The Hall–Kier alpha value is -2.23. The minimum absolute atomic E-state index is 0.0265. The second-order valence-corrected chi connectivity index (χ2v) is 6.17. The Balaban J connectivity index is 2.23. The summed E-state index contributed by atoms with van der Waals surface area (Å²) in [6.07, 6.45) is 0. The molecule has 0 radical (unpaired) electrons. The van der Waals surface area contributed by atoms with Gasteiger partial charge < -0.3 is 14.8 Å². The summed E-state index contributed by atoms with van der Waals surface area (Å²) in [7, 11) is 0. The normalized spacial score (nSPS) is 13.0. The smallest absolute Gasteiger partial charge is 0.371 e. The van der Waals surface area contributed by atoms with Crippen molar-refractivity contribution in [2.75, 3.05) is 5.32 Å². The van der Waals surface area contributed by atoms with Gasteiger partial charge in [-0.05, 0) is 36.1 Å². The highest BCUT2D eigenvalue weighted by Gasteiger charge is 2.20. The van der Waals surface area contributed by atoms with Crippen molar-refractivity contribution in [1.82, 2.24) is 0 Å². The fraction of sp³-hybridized carbons (Fsp3) is 0.353. The summed E-state index contributed by atoms with van der Waals surface area (Å²) in [4.78, 5) is 10.9. The van der Waals surface area contributed by atoms with Crippen LogP contribution in [0, 0.1) is 0 Å². The van der Waals surface area contributed by atoms with Gasteiger partial charge in [0.05, 0.1) is 6.04 Å². The first kappa shape index (κ1) is 15.2. The number of anilines is 1. The SMILES string of the molecule is CC(Nc1ccccc1C(C)(C)C)c1ccc(C(=O)O)o1. The predicted octanol–water partition coefficient (Wildman–Crippen LogP) is 4.45. The molecule has 4 nitrogen and oxygen atoms in total. The van der Waals surface area contributed by atoms with Crippen LogP contribution in [0.2, 0.25) is 0 Å². The first-order chi connectivity index (χ1) is 9.79. The van der Waals surface area contributed by atoms with Gasteiger partial charge in [0.25, 0.3) is 0 Å². The lowest BCUT2D eigenvalue weighted by Gasteiger charge is -2.25. The average molecular weight is 287 g/mol. The first-order valence-corrected chi connectivity index (χ1v) is 6.98. The molecule has 1 aromatic heterocycles. The summed E-state index contributed by atoms with van der Waals surface area (Å²) < 4.78 is 5.34. The number of carboxylic acids is 1. The van der Waals surface area contributed by atoms with Crippen LogP contribution in [-0.2, 0) is 5.41 Å². The van der Waals surface area contributed by atoms with E-state index in [-0.39, 0.29) is 17.2 Å². The number of para-hydroxylation sites is 1. The zero-order chi connectivity index (χ0) is 15.6. The molecule has 0 saturated carbocycles. The molecule has 0 fully saturated rings. The monoisotopic (exact) mass is 287 g/mol. The molecule has 0 spiro atoms. The standard InChI is InChI=1S/C17H21NO3/c1-11(14-9-10-15(21-14)16(19)20)18-13-8-6-5-7-12(13)17(2,3)4/h5-11,18H,1-4H3,(H,19,20). The third-order valence-corrected chi connectivity index (χ3v) is 3.37. The summed E-state index contributed by atoms with van der Waals surface area (Å²) in [5.41, 5.74) is 2.27. The lowest BCUT2D eigenvalue weighted by molar-refractivity contribution is 0.0660. The number of benzene rings is 1. The molecular formula is C17H21NO3. The van der Waals surface area contributed by atoms with Crippen LogP contribution in [-0.4, -0.2) is 11.1 Å². The van der Waals surface area contributed by atoms with E-state index in [4.69, 9.17) is 9.52 Å². The zero-order valence-corrected chi connectivity index (χ0v) is 12.8. The van der Waals surface area contributed by atoms with Crippen molar-refractivity contribution in [3.8, 4) is 0 Å². The van der Waals surface area contributed by atoms with Gasteiger partial charge in [0.1, 0.15) is 5.76 Å². The van der Waals surface area contributed by atoms with Crippen molar-refractivity contribution in [3.05, 3.63) is 53.5 Å². The third kappa shape index (κ3) is 3.45. The maximum Gasteiger partial charge on any atom is 0.371 e. The summed E-state index contributed by atoms with van der Waals surface area (Å²) in [5, 5.41) is 12.3. The van der Waals surface area contributed by atoms with Gasteiger partial charge in [0.2, 0.25) is 5.76 Å². The van der Waals surface area contributed by atoms with Gasteiger partial charge in [-0.25, -0.2) is 4.79 Å². The Morgan fingerprint density at radius 3 is 2.43 bits per heavy atom. The van der Waals surface area contributed by atoms with Gasteiger partial charge in [-0.15, -0.1) is 0 Å². The van der Waals surface area contributed by atoms with E-state index in [0.717, 1.165) is 5.69 Å². The number of nitrogens with one attached hydrogen (secondary N) is 1. The van der Waals surface area contributed by atoms with Crippen molar-refractivity contribution in [1.29, 1.82) is 0 Å². The van der Waals surface area contributed by atoms with Crippen molar-refractivity contribution in [2.45, 2.75) is 39.2 Å². The van der Waals surface area contributed by atoms with Crippen molar-refractivity contribution >= 4 is 11.7 Å². The van der Waals surface area contributed by atoms with E-state index in [9.17, 15) is 4.79 Å². The lowest BCUT2D eigenvalue weighted by Crippen LogP contribution is -2.16. The van der Waals surface area contributed by atoms with Crippen LogP contribution < -0.4 is 5.32 Å². The number of furan rings is 1. The van der Waals surface area contributed by atoms with Crippen molar-refractivity contribution in [3.63, 3.8) is 0 Å². The molecule has 0 aliphatic rings. The van der Waals surface area contributed by atoms with Crippen LogP contribution in [0.5, 0.6) is 0 Å². The molecule has 1 heterocycles. The molecule has 4 heteroatoms. The Labute approximate surface area is 124 Å². The van der Waals surface area contributed by atoms with Gasteiger partial charge in [-0.1, -0.05) is 39.0 Å². The maximum atomic E-state index is 10.9. The van der Waals surface area contributed by atoms with Crippen molar-refractivity contribution in [2.24, 2.45) is 0 Å². The second-order valence-electron chi connectivity index (χ2n) is 6.17. The molecular weight excluding hydrogens is 266 g/mol. The Bertz CT molecular complexity index is 637. The summed E-state index contributed by atoms with van der Waals surface area (Å²) in [5.74, 6) is -0.484. The van der Waals surface area contributed by atoms with Crippen LogP contribution in [0.3, 0.4) is 0 Å². The van der Waals surface area contributed by atoms with E-state index in [0.29, 0.717) is 5.76 Å². The third-order valence-electron chi connectivity index (χ3n) is 3.37. The van der Waals surface area contributed by atoms with Gasteiger partial charge in [0.15, 0.2) is 0 Å². The van der Waals surface area contributed by atoms with Crippen molar-refractivity contribution < 1.29 is 14.3 Å². The van der Waals surface area contributed by atoms with Gasteiger partial charge in [-0.2, -0.15) is 0 Å².